The van der Waals surface area contributed by atoms with Crippen LogP contribution in [0, 0.1) is 17.3 Å². The van der Waals surface area contributed by atoms with Gasteiger partial charge in [0.1, 0.15) is 0 Å². The van der Waals surface area contributed by atoms with E-state index in [1.807, 2.05) is 6.07 Å². The van der Waals surface area contributed by atoms with Crippen molar-refractivity contribution in [1.29, 1.82) is 0 Å². The van der Waals surface area contributed by atoms with E-state index < -0.39 is 17.9 Å². The molecule has 0 unspecified atom stereocenters. The van der Waals surface area contributed by atoms with Crippen molar-refractivity contribution in [3.8, 4) is 0 Å². The summed E-state index contributed by atoms with van der Waals surface area (Å²) in [5.41, 5.74) is 2.31. The summed E-state index contributed by atoms with van der Waals surface area (Å²) in [6.45, 7) is 13.6. The van der Waals surface area contributed by atoms with E-state index in [0.717, 1.165) is 43.3 Å². The number of fused-ring (bicyclic) bond motifs is 1. The Balaban J connectivity index is 1.40. The van der Waals surface area contributed by atoms with Crippen LogP contribution in [-0.2, 0) is 6.42 Å². The highest BCUT2D eigenvalue weighted by Gasteiger charge is 2.41. The summed E-state index contributed by atoms with van der Waals surface area (Å²) >= 11 is 12.4. The molecule has 2 aromatic carbocycles. The third kappa shape index (κ3) is 6.72. The molecule has 5 atom stereocenters. The second-order valence-corrected chi connectivity index (χ2v) is 14.1. The van der Waals surface area contributed by atoms with E-state index in [0.29, 0.717) is 50.3 Å². The Labute approximate surface area is 264 Å². The smallest absolute Gasteiger partial charge is 0.261 e. The van der Waals surface area contributed by atoms with Crippen molar-refractivity contribution in [2.45, 2.75) is 72.0 Å². The van der Waals surface area contributed by atoms with Gasteiger partial charge in [0.15, 0.2) is 5.96 Å². The van der Waals surface area contributed by atoms with Gasteiger partial charge >= 0.3 is 0 Å². The first-order valence-electron chi connectivity index (χ1n) is 15.3. The molecule has 1 saturated carbocycles. The predicted octanol–water partition coefficient (Wildman–Crippen LogP) is 5.72. The molecular weight excluding hydrogens is 585 g/mol. The zero-order valence-corrected chi connectivity index (χ0v) is 27.2. The Morgan fingerprint density at radius 3 is 2.56 bits per heavy atom. The summed E-state index contributed by atoms with van der Waals surface area (Å²) < 4.78 is 0. The van der Waals surface area contributed by atoms with E-state index in [1.54, 1.807) is 30.3 Å². The maximum atomic E-state index is 13.6. The summed E-state index contributed by atoms with van der Waals surface area (Å²) in [6, 6.07) is 10.1. The van der Waals surface area contributed by atoms with Crippen LogP contribution in [0.4, 0.5) is 5.69 Å². The number of piperazine rings is 1. The third-order valence-corrected chi connectivity index (χ3v) is 10.2. The number of anilines is 1. The standard InChI is InChI=1S/C33H43Cl2N5O3/c1-19-16-33(4,5)20(2)12-29(19)38-32(39-11-10-36-21(3)17-39)37-24-8-9-26-27(15-24)31(43)40(30(26)42)25(18-41)13-22-6-7-23(34)14-28(22)35/h6-9,14-15,19-21,25,29,36,41H,10-13,16-18H2,1-5H3,(H,37,38)/t19-,20+,21-,25-,29-/m0/s1. The molecule has 5 rings (SSSR count). The number of nitrogens with zero attached hydrogens (tertiary/aromatic N) is 3. The zero-order valence-electron chi connectivity index (χ0n) is 25.7. The average molecular weight is 629 g/mol. The van der Waals surface area contributed by atoms with Crippen LogP contribution in [0.5, 0.6) is 0 Å². The second-order valence-electron chi connectivity index (χ2n) is 13.3. The quantitative estimate of drug-likeness (QED) is 0.215. The summed E-state index contributed by atoms with van der Waals surface area (Å²) in [5, 5.41) is 18.2. The lowest BCUT2D eigenvalue weighted by molar-refractivity contribution is 0.0516. The molecule has 2 heterocycles. The molecule has 3 aliphatic rings. The minimum atomic E-state index is -0.763. The highest BCUT2D eigenvalue weighted by molar-refractivity contribution is 6.35. The van der Waals surface area contributed by atoms with Gasteiger partial charge < -0.3 is 20.6 Å². The predicted molar refractivity (Wildman–Crippen MR) is 173 cm³/mol. The van der Waals surface area contributed by atoms with Crippen LogP contribution in [0.25, 0.3) is 0 Å². The van der Waals surface area contributed by atoms with Gasteiger partial charge in [0.05, 0.1) is 29.8 Å². The zero-order chi connectivity index (χ0) is 31.1. The van der Waals surface area contributed by atoms with E-state index >= 15 is 0 Å². The van der Waals surface area contributed by atoms with Gasteiger partial charge in [-0.05, 0) is 79.3 Å². The minimum Gasteiger partial charge on any atom is -0.394 e. The number of nitrogens with one attached hydrogen (secondary N) is 2. The number of hydrogen-bond donors (Lipinski definition) is 3. The van der Waals surface area contributed by atoms with Crippen molar-refractivity contribution in [1.82, 2.24) is 15.1 Å². The minimum absolute atomic E-state index is 0.189. The van der Waals surface area contributed by atoms with E-state index in [4.69, 9.17) is 28.2 Å². The Bertz CT molecular complexity index is 1410. The number of imide groups is 1. The summed E-state index contributed by atoms with van der Waals surface area (Å²) in [7, 11) is 0. The van der Waals surface area contributed by atoms with Crippen molar-refractivity contribution in [3.63, 3.8) is 0 Å². The topological polar surface area (TPSA) is 97.3 Å². The van der Waals surface area contributed by atoms with Gasteiger partial charge in [-0.25, -0.2) is 4.99 Å². The fraction of sp³-hybridized carbons (Fsp3) is 0.545. The fourth-order valence-corrected chi connectivity index (χ4v) is 7.20. The molecule has 2 fully saturated rings. The fourth-order valence-electron chi connectivity index (χ4n) is 6.71. The van der Waals surface area contributed by atoms with Crippen molar-refractivity contribution in [2.24, 2.45) is 22.2 Å². The number of aliphatic hydroxyl groups is 1. The van der Waals surface area contributed by atoms with Crippen LogP contribution in [-0.4, -0.2) is 77.0 Å². The highest BCUT2D eigenvalue weighted by atomic mass is 35.5. The molecule has 2 aliphatic heterocycles. The SMILES string of the molecule is C[C@@H]1C[C@H](N=C(Nc2ccc3c(c2)C(=O)N([C@H](CO)Cc2ccc(Cl)cc2Cl)C3=O)N2CCN[C@@H](C)C2)[C@@H](C)CC1(C)C. The number of aliphatic hydroxyl groups excluding tert-OH is 1. The Morgan fingerprint density at radius 2 is 1.86 bits per heavy atom. The molecule has 3 N–H and O–H groups in total. The van der Waals surface area contributed by atoms with Gasteiger partial charge in [0.25, 0.3) is 11.8 Å². The number of benzene rings is 2. The number of aliphatic imine (C=N–C) groups is 1. The number of carbonyl (C=O) groups excluding carboxylic acids is 2. The van der Waals surface area contributed by atoms with Crippen molar-refractivity contribution < 1.29 is 14.7 Å². The molecule has 43 heavy (non-hydrogen) atoms. The van der Waals surface area contributed by atoms with Crippen LogP contribution in [0.2, 0.25) is 10.0 Å². The van der Waals surface area contributed by atoms with Crippen LogP contribution < -0.4 is 10.6 Å². The van der Waals surface area contributed by atoms with Crippen LogP contribution in [0.15, 0.2) is 41.4 Å². The number of rotatable bonds is 6. The van der Waals surface area contributed by atoms with E-state index in [9.17, 15) is 14.7 Å². The number of guanidine groups is 1. The summed E-state index contributed by atoms with van der Waals surface area (Å²) in [6.07, 6.45) is 2.36. The lowest BCUT2D eigenvalue weighted by Crippen LogP contribution is -2.53. The molecule has 2 amide bonds. The summed E-state index contributed by atoms with van der Waals surface area (Å²) in [5.74, 6) is 0.946. The van der Waals surface area contributed by atoms with E-state index in [1.165, 1.54) is 0 Å². The van der Waals surface area contributed by atoms with E-state index in [2.05, 4.69) is 50.2 Å². The van der Waals surface area contributed by atoms with Crippen LogP contribution in [0.3, 0.4) is 0 Å². The van der Waals surface area contributed by atoms with Crippen molar-refractivity contribution >= 4 is 46.7 Å². The molecule has 1 saturated heterocycles. The van der Waals surface area contributed by atoms with Gasteiger partial charge in [-0.1, -0.05) is 57.0 Å². The Morgan fingerprint density at radius 1 is 1.12 bits per heavy atom. The number of hydrogen-bond acceptors (Lipinski definition) is 5. The molecule has 0 spiro atoms. The van der Waals surface area contributed by atoms with Crippen LogP contribution >= 0.6 is 23.2 Å². The second kappa shape index (κ2) is 12.8. The molecule has 1 aliphatic carbocycles. The van der Waals surface area contributed by atoms with Gasteiger partial charge in [0.2, 0.25) is 0 Å². The lowest BCUT2D eigenvalue weighted by atomic mass is 9.64. The molecule has 0 radical (unpaired) electrons. The number of carbonyl (C=O) groups is 2. The van der Waals surface area contributed by atoms with Gasteiger partial charge in [0, 0.05) is 41.4 Å². The monoisotopic (exact) mass is 627 g/mol. The molecule has 8 nitrogen and oxygen atoms in total. The summed E-state index contributed by atoms with van der Waals surface area (Å²) in [4.78, 5) is 35.8. The molecule has 232 valence electrons. The maximum Gasteiger partial charge on any atom is 0.261 e. The largest absolute Gasteiger partial charge is 0.394 e. The van der Waals surface area contributed by atoms with Crippen molar-refractivity contribution in [3.05, 3.63) is 63.1 Å². The van der Waals surface area contributed by atoms with E-state index in [-0.39, 0.29) is 24.5 Å². The average Bonchev–Trinajstić information content (AvgIpc) is 3.19. The van der Waals surface area contributed by atoms with Crippen molar-refractivity contribution in [2.75, 3.05) is 31.6 Å². The lowest BCUT2D eigenvalue weighted by Gasteiger charge is -2.43. The van der Waals surface area contributed by atoms with Gasteiger partial charge in [-0.2, -0.15) is 0 Å². The number of amides is 2. The molecular formula is C33H43Cl2N5O3. The normalized spacial score (nSPS) is 26.5. The van der Waals surface area contributed by atoms with Gasteiger partial charge in [-0.3, -0.25) is 14.5 Å². The highest BCUT2D eigenvalue weighted by Crippen LogP contribution is 2.44. The first kappa shape index (κ1) is 31.8. The third-order valence-electron chi connectivity index (χ3n) is 9.61. The first-order chi connectivity index (χ1) is 20.4. The number of halogens is 2. The maximum absolute atomic E-state index is 13.6. The van der Waals surface area contributed by atoms with Gasteiger partial charge in [-0.15, -0.1) is 0 Å². The van der Waals surface area contributed by atoms with Crippen LogP contribution in [0.1, 0.15) is 73.7 Å². The molecule has 2 aromatic rings. The molecule has 0 aromatic heterocycles. The molecule has 10 heteroatoms. The Hall–Kier alpha value is -2.65. The molecule has 0 bridgehead atoms. The first-order valence-corrected chi connectivity index (χ1v) is 16.0. The Kier molecular flexibility index (Phi) is 9.42.